The number of alkyl halides is 3. The van der Waals surface area contributed by atoms with Gasteiger partial charge in [-0.3, -0.25) is 9.59 Å². The van der Waals surface area contributed by atoms with Gasteiger partial charge in [-0.15, -0.1) is 0 Å². The van der Waals surface area contributed by atoms with Crippen LogP contribution in [0, 0.1) is 5.82 Å². The number of carbonyl (C=O) groups is 2. The molecule has 0 spiro atoms. The molecule has 0 fully saturated rings. The predicted octanol–water partition coefficient (Wildman–Crippen LogP) is 4.45. The van der Waals surface area contributed by atoms with E-state index < -0.39 is 29.4 Å². The lowest BCUT2D eigenvalue weighted by molar-refractivity contribution is -0.137. The number of amides is 2. The van der Waals surface area contributed by atoms with Gasteiger partial charge in [0, 0.05) is 13.0 Å². The second kappa shape index (κ2) is 7.81. The van der Waals surface area contributed by atoms with Crippen molar-refractivity contribution < 1.29 is 27.2 Å². The number of benzene rings is 2. The second-order valence-electron chi connectivity index (χ2n) is 5.32. The van der Waals surface area contributed by atoms with Crippen molar-refractivity contribution in [2.45, 2.75) is 13.1 Å². The van der Waals surface area contributed by atoms with Gasteiger partial charge in [0.15, 0.2) is 0 Å². The van der Waals surface area contributed by atoms with Crippen LogP contribution < -0.4 is 10.6 Å². The monoisotopic (exact) mass is 366 g/mol. The Labute approximate surface area is 146 Å². The lowest BCUT2D eigenvalue weighted by Crippen LogP contribution is -2.14. The van der Waals surface area contributed by atoms with Crippen molar-refractivity contribution in [3.63, 3.8) is 0 Å². The molecule has 2 aromatic rings. The number of hydrogen-bond donors (Lipinski definition) is 2. The van der Waals surface area contributed by atoms with E-state index in [-0.39, 0.29) is 11.4 Å². The Morgan fingerprint density at radius 3 is 2.35 bits per heavy atom. The van der Waals surface area contributed by atoms with Gasteiger partial charge in [-0.1, -0.05) is 12.1 Å². The minimum atomic E-state index is -4.61. The molecule has 2 rings (SSSR count). The summed E-state index contributed by atoms with van der Waals surface area (Å²) in [5, 5.41) is 4.62. The highest BCUT2D eigenvalue weighted by Crippen LogP contribution is 2.34. The standard InChI is InChI=1S/C18H14F4N2O2/c1-11(25)23-15-7-6-13(18(20,21)22)10-16(15)24-17(26)8-5-12-3-2-4-14(19)9-12/h2-10H,1H3,(H,23,25)(H,24,26)/b8-5+. The molecular formula is C18H14F4N2O2. The third kappa shape index (κ3) is 5.44. The summed E-state index contributed by atoms with van der Waals surface area (Å²) in [6.07, 6.45) is -2.25. The molecule has 26 heavy (non-hydrogen) atoms. The summed E-state index contributed by atoms with van der Waals surface area (Å²) in [7, 11) is 0. The van der Waals surface area contributed by atoms with Crippen molar-refractivity contribution in [2.75, 3.05) is 10.6 Å². The SMILES string of the molecule is CC(=O)Nc1ccc(C(F)(F)F)cc1NC(=O)/C=C/c1cccc(F)c1. The van der Waals surface area contributed by atoms with Gasteiger partial charge in [0.05, 0.1) is 16.9 Å². The third-order valence-corrected chi connectivity index (χ3v) is 3.19. The maximum atomic E-state index is 13.1. The molecule has 0 bridgehead atoms. The van der Waals surface area contributed by atoms with Crippen molar-refractivity contribution in [1.29, 1.82) is 0 Å². The lowest BCUT2D eigenvalue weighted by Gasteiger charge is -2.14. The first-order valence-corrected chi connectivity index (χ1v) is 7.38. The summed E-state index contributed by atoms with van der Waals surface area (Å²) in [6.45, 7) is 1.19. The molecule has 0 atom stereocenters. The fourth-order valence-corrected chi connectivity index (χ4v) is 2.08. The van der Waals surface area contributed by atoms with E-state index in [0.717, 1.165) is 24.3 Å². The van der Waals surface area contributed by atoms with Gasteiger partial charge in [-0.25, -0.2) is 4.39 Å². The van der Waals surface area contributed by atoms with E-state index >= 15 is 0 Å². The molecule has 4 nitrogen and oxygen atoms in total. The van der Waals surface area contributed by atoms with E-state index in [1.54, 1.807) is 6.07 Å². The molecular weight excluding hydrogens is 352 g/mol. The molecule has 0 aliphatic heterocycles. The number of anilines is 2. The van der Waals surface area contributed by atoms with E-state index in [1.165, 1.54) is 31.2 Å². The molecule has 0 radical (unpaired) electrons. The smallest absolute Gasteiger partial charge is 0.325 e. The summed E-state index contributed by atoms with van der Waals surface area (Å²) in [5.41, 5.74) is -0.746. The van der Waals surface area contributed by atoms with E-state index in [0.29, 0.717) is 5.56 Å². The Hall–Kier alpha value is -3.16. The average molecular weight is 366 g/mol. The zero-order valence-corrected chi connectivity index (χ0v) is 13.5. The van der Waals surface area contributed by atoms with E-state index in [1.807, 2.05) is 0 Å². The van der Waals surface area contributed by atoms with Gasteiger partial charge >= 0.3 is 6.18 Å². The highest BCUT2D eigenvalue weighted by atomic mass is 19.4. The van der Waals surface area contributed by atoms with Crippen LogP contribution >= 0.6 is 0 Å². The van der Waals surface area contributed by atoms with Crippen molar-refractivity contribution in [3.8, 4) is 0 Å². The Morgan fingerprint density at radius 1 is 1.00 bits per heavy atom. The minimum Gasteiger partial charge on any atom is -0.325 e. The van der Waals surface area contributed by atoms with E-state index in [2.05, 4.69) is 10.6 Å². The Balaban J connectivity index is 2.24. The van der Waals surface area contributed by atoms with Crippen LogP contribution in [0.3, 0.4) is 0 Å². The lowest BCUT2D eigenvalue weighted by atomic mass is 10.1. The molecule has 0 aromatic heterocycles. The van der Waals surface area contributed by atoms with Crippen molar-refractivity contribution in [1.82, 2.24) is 0 Å². The van der Waals surface area contributed by atoms with Crippen LogP contribution in [0.5, 0.6) is 0 Å². The highest BCUT2D eigenvalue weighted by Gasteiger charge is 2.31. The van der Waals surface area contributed by atoms with Crippen LogP contribution in [0.15, 0.2) is 48.5 Å². The molecule has 2 aromatic carbocycles. The third-order valence-electron chi connectivity index (χ3n) is 3.19. The van der Waals surface area contributed by atoms with Crippen LogP contribution in [0.4, 0.5) is 28.9 Å². The summed E-state index contributed by atoms with van der Waals surface area (Å²) in [4.78, 5) is 23.2. The van der Waals surface area contributed by atoms with Gasteiger partial charge in [0.1, 0.15) is 5.82 Å². The maximum absolute atomic E-state index is 13.1. The van der Waals surface area contributed by atoms with Gasteiger partial charge in [0.2, 0.25) is 11.8 Å². The van der Waals surface area contributed by atoms with Crippen LogP contribution in [0.2, 0.25) is 0 Å². The fourth-order valence-electron chi connectivity index (χ4n) is 2.08. The van der Waals surface area contributed by atoms with Crippen molar-refractivity contribution in [3.05, 3.63) is 65.5 Å². The Morgan fingerprint density at radius 2 is 1.73 bits per heavy atom. The molecule has 0 heterocycles. The van der Waals surface area contributed by atoms with E-state index in [4.69, 9.17) is 0 Å². The van der Waals surface area contributed by atoms with Gasteiger partial charge in [0.25, 0.3) is 0 Å². The number of carbonyl (C=O) groups excluding carboxylic acids is 2. The van der Waals surface area contributed by atoms with E-state index in [9.17, 15) is 27.2 Å². The van der Waals surface area contributed by atoms with Crippen LogP contribution in [-0.4, -0.2) is 11.8 Å². The van der Waals surface area contributed by atoms with Crippen LogP contribution in [0.25, 0.3) is 6.08 Å². The first-order chi connectivity index (χ1) is 12.1. The molecule has 0 saturated heterocycles. The first kappa shape index (κ1) is 19.2. The van der Waals surface area contributed by atoms with Crippen molar-refractivity contribution in [2.24, 2.45) is 0 Å². The number of rotatable bonds is 4. The summed E-state index contributed by atoms with van der Waals surface area (Å²) in [6, 6.07) is 8.00. The maximum Gasteiger partial charge on any atom is 0.416 e. The Kier molecular flexibility index (Phi) is 5.76. The Bertz CT molecular complexity index is 861. The van der Waals surface area contributed by atoms with Crippen LogP contribution in [-0.2, 0) is 15.8 Å². The average Bonchev–Trinajstić information content (AvgIpc) is 2.53. The molecule has 136 valence electrons. The van der Waals surface area contributed by atoms with Gasteiger partial charge < -0.3 is 10.6 Å². The zero-order chi connectivity index (χ0) is 19.3. The summed E-state index contributed by atoms with van der Waals surface area (Å²) >= 11 is 0. The number of hydrogen-bond acceptors (Lipinski definition) is 2. The number of nitrogens with one attached hydrogen (secondary N) is 2. The second-order valence-corrected chi connectivity index (χ2v) is 5.32. The molecule has 0 aliphatic carbocycles. The van der Waals surface area contributed by atoms with Gasteiger partial charge in [-0.05, 0) is 42.0 Å². The molecule has 2 amide bonds. The van der Waals surface area contributed by atoms with Gasteiger partial charge in [-0.2, -0.15) is 13.2 Å². The minimum absolute atomic E-state index is 0.0259. The fraction of sp³-hybridized carbons (Fsp3) is 0.111. The largest absolute Gasteiger partial charge is 0.416 e. The highest BCUT2D eigenvalue weighted by molar-refractivity contribution is 6.05. The predicted molar refractivity (Wildman–Crippen MR) is 89.8 cm³/mol. The first-order valence-electron chi connectivity index (χ1n) is 7.38. The molecule has 0 saturated carbocycles. The number of halogens is 4. The summed E-state index contributed by atoms with van der Waals surface area (Å²) < 4.78 is 51.7. The topological polar surface area (TPSA) is 58.2 Å². The molecule has 0 unspecified atom stereocenters. The molecule has 2 N–H and O–H groups in total. The zero-order valence-electron chi connectivity index (χ0n) is 13.5. The summed E-state index contributed by atoms with van der Waals surface area (Å²) in [5.74, 6) is -1.73. The normalized spacial score (nSPS) is 11.4. The molecule has 8 heteroatoms. The van der Waals surface area contributed by atoms with Crippen LogP contribution in [0.1, 0.15) is 18.1 Å². The van der Waals surface area contributed by atoms with Crippen molar-refractivity contribution >= 4 is 29.3 Å². The quantitative estimate of drug-likeness (QED) is 0.620. The molecule has 0 aliphatic rings.